The Kier molecular flexibility index (Phi) is 11.8. The predicted molar refractivity (Wildman–Crippen MR) is 183 cm³/mol. The summed E-state index contributed by atoms with van der Waals surface area (Å²) in [5, 5.41) is 27.1. The fourth-order valence-electron chi connectivity index (χ4n) is 6.67. The van der Waals surface area contributed by atoms with Crippen LogP contribution in [0.4, 0.5) is 13.2 Å². The number of para-hydroxylation sites is 1. The van der Waals surface area contributed by atoms with Crippen molar-refractivity contribution in [3.05, 3.63) is 102 Å². The van der Waals surface area contributed by atoms with E-state index in [0.29, 0.717) is 41.6 Å². The summed E-state index contributed by atoms with van der Waals surface area (Å²) in [5.41, 5.74) is 2.02. The average Bonchev–Trinajstić information content (AvgIpc) is 3.61. The molecule has 0 radical (unpaired) electrons. The number of amides is 2. The van der Waals surface area contributed by atoms with E-state index in [4.69, 9.17) is 9.15 Å². The van der Waals surface area contributed by atoms with Crippen molar-refractivity contribution in [2.45, 2.75) is 49.9 Å². The number of alkyl halides is 3. The summed E-state index contributed by atoms with van der Waals surface area (Å²) in [6.07, 6.45) is -2.19. The monoisotopic (exact) mass is 722 g/mol. The Morgan fingerprint density at radius 1 is 1.02 bits per heavy atom. The Morgan fingerprint density at radius 2 is 1.81 bits per heavy atom. The number of carbonyl (C=O) groups is 2. The first-order valence-electron chi connectivity index (χ1n) is 17.1. The van der Waals surface area contributed by atoms with Crippen LogP contribution in [0.25, 0.3) is 11.3 Å². The van der Waals surface area contributed by atoms with Crippen LogP contribution in [-0.2, 0) is 22.6 Å². The summed E-state index contributed by atoms with van der Waals surface area (Å²) in [7, 11) is 0. The molecule has 0 saturated carbocycles. The second-order valence-corrected chi connectivity index (χ2v) is 13.1. The third kappa shape index (κ3) is 9.73. The molecule has 2 aliphatic heterocycles. The number of aliphatic hydroxyl groups excluding tert-OH is 2. The summed E-state index contributed by atoms with van der Waals surface area (Å²) >= 11 is 0. The lowest BCUT2D eigenvalue weighted by Gasteiger charge is -2.41. The number of nitrogens with one attached hydrogen (secondary N) is 2. The van der Waals surface area contributed by atoms with Gasteiger partial charge in [0.1, 0.15) is 42.6 Å². The lowest BCUT2D eigenvalue weighted by atomic mass is 9.92. The predicted octanol–water partition coefficient (Wildman–Crippen LogP) is 3.12. The molecule has 2 aliphatic rings. The molecule has 0 unspecified atom stereocenters. The topological polar surface area (TPSA) is 153 Å². The van der Waals surface area contributed by atoms with E-state index in [9.17, 15) is 33.0 Å². The van der Waals surface area contributed by atoms with Crippen molar-refractivity contribution in [2.24, 2.45) is 5.92 Å². The molecule has 15 heteroatoms. The van der Waals surface area contributed by atoms with Gasteiger partial charge in [-0.3, -0.25) is 29.4 Å². The Hall–Kier alpha value is -4.83. The van der Waals surface area contributed by atoms with Crippen molar-refractivity contribution >= 4 is 11.8 Å². The molecule has 0 bridgehead atoms. The van der Waals surface area contributed by atoms with E-state index >= 15 is 0 Å². The number of carbonyl (C=O) groups excluding carboxylic acids is 2. The van der Waals surface area contributed by atoms with Gasteiger partial charge in [-0.05, 0) is 24.6 Å². The maximum Gasteiger partial charge on any atom is 0.405 e. The summed E-state index contributed by atoms with van der Waals surface area (Å²) in [6.45, 7) is -0.461. The highest BCUT2D eigenvalue weighted by Gasteiger charge is 2.38. The summed E-state index contributed by atoms with van der Waals surface area (Å²) in [6, 6.07) is 18.5. The smallest absolute Gasteiger partial charge is 0.405 e. The van der Waals surface area contributed by atoms with Gasteiger partial charge in [-0.25, -0.2) is 0 Å². The second-order valence-electron chi connectivity index (χ2n) is 13.1. The Bertz CT molecular complexity index is 1780. The highest BCUT2D eigenvalue weighted by molar-refractivity contribution is 5.82. The lowest BCUT2D eigenvalue weighted by molar-refractivity contribution is -0.143. The average molecular weight is 723 g/mol. The van der Waals surface area contributed by atoms with Crippen LogP contribution >= 0.6 is 0 Å². The Labute approximate surface area is 298 Å². The zero-order chi connectivity index (χ0) is 36.7. The van der Waals surface area contributed by atoms with Crippen LogP contribution in [0.15, 0.2) is 89.7 Å². The number of fused-ring (bicyclic) bond motifs is 1. The minimum atomic E-state index is -4.60. The number of β-amino-alcohol motifs (C(OH)–C–C–N with tert-alkyl or cyclic N) is 1. The zero-order valence-electron chi connectivity index (χ0n) is 28.3. The van der Waals surface area contributed by atoms with E-state index in [1.165, 1.54) is 18.6 Å². The Morgan fingerprint density at radius 3 is 2.58 bits per heavy atom. The van der Waals surface area contributed by atoms with Crippen molar-refractivity contribution in [2.75, 3.05) is 39.3 Å². The van der Waals surface area contributed by atoms with Crippen LogP contribution in [0, 0.1) is 5.92 Å². The molecule has 52 heavy (non-hydrogen) atoms. The molecule has 2 aromatic heterocycles. The first-order valence-corrected chi connectivity index (χ1v) is 17.1. The van der Waals surface area contributed by atoms with Gasteiger partial charge in [-0.1, -0.05) is 48.5 Å². The standard InChI is InChI=1S/C37H41F3N6O6/c38-37(39,40)23-43-36(50)30-21-45(20-28-10-11-32(52-28)24-6-2-1-3-7-24)14-15-46(30)19-27(47)17-25(16-26-18-41-12-13-42-26)35(49)44-34-29-8-4-5-9-33(29)51-22-31(34)48/h1-13,18,25,27,30-31,34,47-48H,14-17,19-23H2,(H,43,50)(H,44,49)/t25-,27+,30+,31-,34+/m1/s1. The number of benzene rings is 2. The van der Waals surface area contributed by atoms with Gasteiger partial charge in [0.15, 0.2) is 0 Å². The van der Waals surface area contributed by atoms with Crippen LogP contribution in [0.2, 0.25) is 0 Å². The summed E-state index contributed by atoms with van der Waals surface area (Å²) in [5.74, 6) is -0.237. The molecule has 6 rings (SSSR count). The fourth-order valence-corrected chi connectivity index (χ4v) is 6.67. The minimum absolute atomic E-state index is 0.0166. The number of aliphatic hydroxyl groups is 2. The van der Waals surface area contributed by atoms with Crippen molar-refractivity contribution in [3.63, 3.8) is 0 Å². The van der Waals surface area contributed by atoms with E-state index in [0.717, 1.165) is 5.56 Å². The largest absolute Gasteiger partial charge is 0.490 e. The van der Waals surface area contributed by atoms with Crippen molar-refractivity contribution < 1.29 is 42.1 Å². The Balaban J connectivity index is 1.15. The quantitative estimate of drug-likeness (QED) is 0.162. The number of nitrogens with zero attached hydrogens (tertiary/aromatic N) is 4. The molecular formula is C37H41F3N6O6. The number of piperazine rings is 1. The first kappa shape index (κ1) is 36.9. The van der Waals surface area contributed by atoms with E-state index < -0.39 is 54.7 Å². The molecule has 276 valence electrons. The van der Waals surface area contributed by atoms with Crippen LogP contribution in [0.3, 0.4) is 0 Å². The molecule has 1 saturated heterocycles. The van der Waals surface area contributed by atoms with E-state index in [-0.39, 0.29) is 39.1 Å². The molecule has 4 heterocycles. The first-order chi connectivity index (χ1) is 25.0. The van der Waals surface area contributed by atoms with Crippen molar-refractivity contribution in [1.82, 2.24) is 30.4 Å². The van der Waals surface area contributed by atoms with Gasteiger partial charge in [-0.2, -0.15) is 13.2 Å². The molecular weight excluding hydrogens is 681 g/mol. The van der Waals surface area contributed by atoms with Gasteiger partial charge in [0.05, 0.1) is 24.4 Å². The van der Waals surface area contributed by atoms with Gasteiger partial charge in [0.25, 0.3) is 0 Å². The third-order valence-corrected chi connectivity index (χ3v) is 9.23. The number of rotatable bonds is 13. The normalized spacial score (nSPS) is 20.7. The minimum Gasteiger partial charge on any atom is -0.490 e. The van der Waals surface area contributed by atoms with Gasteiger partial charge in [0.2, 0.25) is 11.8 Å². The van der Waals surface area contributed by atoms with Crippen LogP contribution < -0.4 is 15.4 Å². The molecule has 4 aromatic rings. The summed E-state index contributed by atoms with van der Waals surface area (Å²) in [4.78, 5) is 39.1. The highest BCUT2D eigenvalue weighted by atomic mass is 19.4. The highest BCUT2D eigenvalue weighted by Crippen LogP contribution is 2.32. The molecule has 0 spiro atoms. The third-order valence-electron chi connectivity index (χ3n) is 9.23. The van der Waals surface area contributed by atoms with E-state index in [2.05, 4.69) is 15.3 Å². The molecule has 5 atom stereocenters. The molecule has 2 amide bonds. The number of aromatic nitrogens is 2. The van der Waals surface area contributed by atoms with Crippen molar-refractivity contribution in [3.8, 4) is 17.1 Å². The van der Waals surface area contributed by atoms with Crippen LogP contribution in [-0.4, -0.2) is 106 Å². The SMILES string of the molecule is O=C(N[C@H]1c2ccccc2OC[C@H]1O)[C@H](Cc1cnccn1)C[C@H](O)CN1CCN(Cc2ccc(-c3ccccc3)o2)C[C@H]1C(=O)NCC(F)(F)F. The number of hydrogen-bond acceptors (Lipinski definition) is 10. The lowest BCUT2D eigenvalue weighted by Crippen LogP contribution is -2.60. The molecule has 12 nitrogen and oxygen atoms in total. The van der Waals surface area contributed by atoms with Crippen LogP contribution in [0.1, 0.15) is 29.5 Å². The number of furan rings is 1. The number of hydrogen-bond donors (Lipinski definition) is 4. The molecule has 4 N–H and O–H groups in total. The fraction of sp³-hybridized carbons (Fsp3) is 0.405. The molecule has 2 aromatic carbocycles. The maximum absolute atomic E-state index is 13.8. The van der Waals surface area contributed by atoms with E-state index in [1.54, 1.807) is 29.2 Å². The van der Waals surface area contributed by atoms with Gasteiger partial charge < -0.3 is 30.0 Å². The van der Waals surface area contributed by atoms with Gasteiger partial charge in [-0.15, -0.1) is 0 Å². The molecule has 1 fully saturated rings. The van der Waals surface area contributed by atoms with E-state index in [1.807, 2.05) is 52.7 Å². The summed E-state index contributed by atoms with van der Waals surface area (Å²) < 4.78 is 51.0. The second kappa shape index (κ2) is 16.7. The number of ether oxygens (including phenoxy) is 1. The zero-order valence-corrected chi connectivity index (χ0v) is 28.3. The van der Waals surface area contributed by atoms with Gasteiger partial charge >= 0.3 is 6.18 Å². The van der Waals surface area contributed by atoms with Crippen LogP contribution in [0.5, 0.6) is 5.75 Å². The van der Waals surface area contributed by atoms with Gasteiger partial charge in [0, 0.05) is 68.2 Å². The van der Waals surface area contributed by atoms with Crippen molar-refractivity contribution in [1.29, 1.82) is 0 Å². The molecule has 0 aliphatic carbocycles. The maximum atomic E-state index is 13.8. The number of halogens is 3.